The van der Waals surface area contributed by atoms with Gasteiger partial charge in [0.15, 0.2) is 0 Å². The number of hydrogen-bond donors (Lipinski definition) is 0. The molecule has 0 heterocycles. The van der Waals surface area contributed by atoms with Crippen LogP contribution >= 0.6 is 0 Å². The molecule has 1 aliphatic rings. The lowest BCUT2D eigenvalue weighted by Gasteiger charge is -2.32. The molecule has 0 aliphatic heterocycles. The van der Waals surface area contributed by atoms with Crippen molar-refractivity contribution in [3.8, 4) is 0 Å². The van der Waals surface area contributed by atoms with Gasteiger partial charge in [-0.3, -0.25) is 0 Å². The Kier molecular flexibility index (Phi) is 5.81. The van der Waals surface area contributed by atoms with Gasteiger partial charge in [0.05, 0.1) is 13.2 Å². The first kappa shape index (κ1) is 16.0. The van der Waals surface area contributed by atoms with Crippen LogP contribution < -0.4 is 0 Å². The Labute approximate surface area is 129 Å². The monoisotopic (exact) mass is 284 g/mol. The fourth-order valence-electron chi connectivity index (χ4n) is 3.07. The van der Waals surface area contributed by atoms with Crippen molar-refractivity contribution in [3.05, 3.63) is 59.7 Å². The summed E-state index contributed by atoms with van der Waals surface area (Å²) in [6.45, 7) is 12.5. The highest BCUT2D eigenvalue weighted by Crippen LogP contribution is 2.36. The van der Waals surface area contributed by atoms with Gasteiger partial charge in [-0.2, -0.15) is 0 Å². The third-order valence-electron chi connectivity index (χ3n) is 4.67. The van der Waals surface area contributed by atoms with Crippen molar-refractivity contribution in [1.82, 2.24) is 0 Å². The third-order valence-corrected chi connectivity index (χ3v) is 4.67. The van der Waals surface area contributed by atoms with Gasteiger partial charge in [0, 0.05) is 5.92 Å². The second kappa shape index (κ2) is 7.61. The number of hydrogen-bond acceptors (Lipinski definition) is 1. The highest BCUT2D eigenvalue weighted by Gasteiger charge is 2.25. The Morgan fingerprint density at radius 3 is 2.67 bits per heavy atom. The molecule has 1 heteroatoms. The van der Waals surface area contributed by atoms with Gasteiger partial charge in [0.25, 0.3) is 0 Å². The van der Waals surface area contributed by atoms with Crippen LogP contribution in [0, 0.1) is 17.8 Å². The SMILES string of the molecule is C=C(COCc1ccccc1)[C@@H]1C[C@@H](C(C)C)CC=C1C. The van der Waals surface area contributed by atoms with Gasteiger partial charge >= 0.3 is 0 Å². The van der Waals surface area contributed by atoms with Gasteiger partial charge in [-0.15, -0.1) is 0 Å². The van der Waals surface area contributed by atoms with Crippen LogP contribution in [0.2, 0.25) is 0 Å². The van der Waals surface area contributed by atoms with E-state index in [1.54, 1.807) is 0 Å². The highest BCUT2D eigenvalue weighted by atomic mass is 16.5. The molecular weight excluding hydrogens is 256 g/mol. The predicted octanol–water partition coefficient (Wildman–Crippen LogP) is 5.39. The molecular formula is C20H28O. The average molecular weight is 284 g/mol. The van der Waals surface area contributed by atoms with E-state index in [1.165, 1.54) is 29.6 Å². The minimum absolute atomic E-state index is 0.502. The number of benzene rings is 1. The van der Waals surface area contributed by atoms with Gasteiger partial charge in [-0.25, -0.2) is 0 Å². The smallest absolute Gasteiger partial charge is 0.0721 e. The molecule has 0 amide bonds. The van der Waals surface area contributed by atoms with Gasteiger partial charge in [0.2, 0.25) is 0 Å². The van der Waals surface area contributed by atoms with Crippen molar-refractivity contribution < 1.29 is 4.74 Å². The molecule has 0 aromatic heterocycles. The Morgan fingerprint density at radius 1 is 1.29 bits per heavy atom. The van der Waals surface area contributed by atoms with Crippen molar-refractivity contribution in [2.75, 3.05) is 6.61 Å². The number of ether oxygens (including phenoxy) is 1. The van der Waals surface area contributed by atoms with E-state index in [1.807, 2.05) is 6.07 Å². The van der Waals surface area contributed by atoms with Crippen LogP contribution in [-0.4, -0.2) is 6.61 Å². The Balaban J connectivity index is 1.85. The van der Waals surface area contributed by atoms with Gasteiger partial charge in [-0.1, -0.05) is 62.4 Å². The standard InChI is InChI=1S/C20H28O/c1-15(2)19-11-10-16(3)20(12-19)17(4)13-21-14-18-8-6-5-7-9-18/h5-10,15,19-20H,4,11-14H2,1-3H3/t19-,20+/m0/s1. The molecule has 2 rings (SSSR count). The number of rotatable bonds is 6. The zero-order valence-corrected chi connectivity index (χ0v) is 13.6. The third kappa shape index (κ3) is 4.57. The summed E-state index contributed by atoms with van der Waals surface area (Å²) in [5, 5.41) is 0. The predicted molar refractivity (Wildman–Crippen MR) is 90.0 cm³/mol. The fraction of sp³-hybridized carbons (Fsp3) is 0.500. The molecule has 0 radical (unpaired) electrons. The van der Waals surface area contributed by atoms with E-state index in [4.69, 9.17) is 4.74 Å². The first-order valence-corrected chi connectivity index (χ1v) is 8.04. The minimum atomic E-state index is 0.502. The first-order valence-electron chi connectivity index (χ1n) is 8.04. The lowest BCUT2D eigenvalue weighted by atomic mass is 9.74. The molecule has 0 bridgehead atoms. The van der Waals surface area contributed by atoms with Crippen LogP contribution in [0.15, 0.2) is 54.1 Å². The molecule has 1 aliphatic carbocycles. The molecule has 2 atom stereocenters. The van der Waals surface area contributed by atoms with Crippen LogP contribution in [0.1, 0.15) is 39.2 Å². The molecule has 0 saturated carbocycles. The van der Waals surface area contributed by atoms with E-state index in [0.29, 0.717) is 19.1 Å². The number of allylic oxidation sites excluding steroid dienone is 2. The zero-order chi connectivity index (χ0) is 15.2. The molecule has 1 aromatic carbocycles. The summed E-state index contributed by atoms with van der Waals surface area (Å²) in [4.78, 5) is 0. The Morgan fingerprint density at radius 2 is 2.00 bits per heavy atom. The second-order valence-corrected chi connectivity index (χ2v) is 6.61. The van der Waals surface area contributed by atoms with E-state index in [-0.39, 0.29) is 0 Å². The van der Waals surface area contributed by atoms with E-state index in [2.05, 4.69) is 57.7 Å². The molecule has 0 spiro atoms. The molecule has 0 unspecified atom stereocenters. The van der Waals surface area contributed by atoms with Crippen molar-refractivity contribution in [3.63, 3.8) is 0 Å². The summed E-state index contributed by atoms with van der Waals surface area (Å²) in [7, 11) is 0. The van der Waals surface area contributed by atoms with E-state index in [9.17, 15) is 0 Å². The maximum absolute atomic E-state index is 5.85. The van der Waals surface area contributed by atoms with Crippen LogP contribution in [0.4, 0.5) is 0 Å². The summed E-state index contributed by atoms with van der Waals surface area (Å²) in [6.07, 6.45) is 4.85. The highest BCUT2D eigenvalue weighted by molar-refractivity contribution is 5.21. The van der Waals surface area contributed by atoms with Crippen LogP contribution in [0.5, 0.6) is 0 Å². The van der Waals surface area contributed by atoms with E-state index < -0.39 is 0 Å². The van der Waals surface area contributed by atoms with Gasteiger partial charge < -0.3 is 4.74 Å². The fourth-order valence-corrected chi connectivity index (χ4v) is 3.07. The van der Waals surface area contributed by atoms with Gasteiger partial charge in [0.1, 0.15) is 0 Å². The van der Waals surface area contributed by atoms with E-state index in [0.717, 1.165) is 11.8 Å². The summed E-state index contributed by atoms with van der Waals surface area (Å²) < 4.78 is 5.85. The van der Waals surface area contributed by atoms with Crippen molar-refractivity contribution in [1.29, 1.82) is 0 Å². The molecule has 1 nitrogen and oxygen atoms in total. The van der Waals surface area contributed by atoms with Crippen LogP contribution in [-0.2, 0) is 11.3 Å². The summed E-state index contributed by atoms with van der Waals surface area (Å²) in [6, 6.07) is 10.3. The lowest BCUT2D eigenvalue weighted by Crippen LogP contribution is -2.21. The van der Waals surface area contributed by atoms with Crippen LogP contribution in [0.25, 0.3) is 0 Å². The lowest BCUT2D eigenvalue weighted by molar-refractivity contribution is 0.135. The Bertz CT molecular complexity index is 484. The second-order valence-electron chi connectivity index (χ2n) is 6.61. The van der Waals surface area contributed by atoms with E-state index >= 15 is 0 Å². The summed E-state index contributed by atoms with van der Waals surface area (Å²) in [5.41, 5.74) is 3.92. The topological polar surface area (TPSA) is 9.23 Å². The molecule has 1 aromatic rings. The van der Waals surface area contributed by atoms with Crippen molar-refractivity contribution >= 4 is 0 Å². The Hall–Kier alpha value is -1.34. The van der Waals surface area contributed by atoms with Crippen molar-refractivity contribution in [2.24, 2.45) is 17.8 Å². The average Bonchev–Trinajstić information content (AvgIpc) is 2.48. The summed E-state index contributed by atoms with van der Waals surface area (Å²) in [5.74, 6) is 2.03. The normalized spacial score (nSPS) is 22.2. The first-order chi connectivity index (χ1) is 10.1. The zero-order valence-electron chi connectivity index (χ0n) is 13.6. The van der Waals surface area contributed by atoms with Gasteiger partial charge in [-0.05, 0) is 42.7 Å². The largest absolute Gasteiger partial charge is 0.372 e. The molecule has 0 N–H and O–H groups in total. The minimum Gasteiger partial charge on any atom is -0.372 e. The molecule has 21 heavy (non-hydrogen) atoms. The summed E-state index contributed by atoms with van der Waals surface area (Å²) >= 11 is 0. The quantitative estimate of drug-likeness (QED) is 0.637. The maximum Gasteiger partial charge on any atom is 0.0721 e. The molecule has 114 valence electrons. The molecule has 0 fully saturated rings. The van der Waals surface area contributed by atoms with Crippen LogP contribution in [0.3, 0.4) is 0 Å². The molecule has 0 saturated heterocycles. The maximum atomic E-state index is 5.85. The van der Waals surface area contributed by atoms with Crippen molar-refractivity contribution in [2.45, 2.75) is 40.2 Å².